The lowest BCUT2D eigenvalue weighted by atomic mass is 9.82. The third-order valence-electron chi connectivity index (χ3n) is 3.50. The molecule has 0 unspecified atom stereocenters. The smallest absolute Gasteiger partial charge is 0.313 e. The number of para-hydroxylation sites is 1. The number of hydrogen-bond acceptors (Lipinski definition) is 4. The summed E-state index contributed by atoms with van der Waals surface area (Å²) in [5.74, 6) is 0. The first-order chi connectivity index (χ1) is 8.31. The molecule has 1 N–H and O–H groups in total. The molecule has 0 aliphatic heterocycles. The summed E-state index contributed by atoms with van der Waals surface area (Å²) in [6, 6.07) is 5.75. The quantitative estimate of drug-likeness (QED) is 0.829. The van der Waals surface area contributed by atoms with Crippen LogP contribution >= 0.6 is 0 Å². The van der Waals surface area contributed by atoms with E-state index < -0.39 is 11.2 Å². The van der Waals surface area contributed by atoms with Crippen LogP contribution in [0.1, 0.15) is 27.7 Å². The molecule has 96 valence electrons. The predicted octanol–water partition coefficient (Wildman–Crippen LogP) is 1.37. The van der Waals surface area contributed by atoms with Gasteiger partial charge < -0.3 is 14.2 Å². The van der Waals surface area contributed by atoms with Gasteiger partial charge in [-0.15, -0.1) is 0 Å². The number of oxazole rings is 1. The fourth-order valence-corrected chi connectivity index (χ4v) is 1.49. The second-order valence-corrected chi connectivity index (χ2v) is 5.48. The van der Waals surface area contributed by atoms with Crippen molar-refractivity contribution in [2.24, 2.45) is 0 Å². The molecule has 1 aromatic heterocycles. The second kappa shape index (κ2) is 4.41. The Morgan fingerprint density at radius 1 is 1.28 bits per heavy atom. The molecule has 0 aliphatic carbocycles. The Balaban J connectivity index is 2.18. The maximum absolute atomic E-state index is 10.0. The summed E-state index contributed by atoms with van der Waals surface area (Å²) in [6.07, 6.45) is 1.43. The zero-order valence-corrected chi connectivity index (χ0v) is 11.2. The summed E-state index contributed by atoms with van der Waals surface area (Å²) in [5.41, 5.74) is 0.931. The molecular formula is C13H18BNO3. The van der Waals surface area contributed by atoms with Crippen molar-refractivity contribution in [1.29, 1.82) is 0 Å². The van der Waals surface area contributed by atoms with Crippen molar-refractivity contribution < 1.29 is 14.2 Å². The minimum absolute atomic E-state index is 0.378. The molecule has 18 heavy (non-hydrogen) atoms. The lowest BCUT2D eigenvalue weighted by Gasteiger charge is -2.37. The van der Waals surface area contributed by atoms with E-state index in [4.69, 9.17) is 9.07 Å². The van der Waals surface area contributed by atoms with Gasteiger partial charge in [0, 0.05) is 0 Å². The van der Waals surface area contributed by atoms with E-state index in [1.807, 2.05) is 32.0 Å². The number of nitrogens with zero attached hydrogens (tertiary/aromatic N) is 1. The van der Waals surface area contributed by atoms with Crippen LogP contribution < -0.4 is 5.46 Å². The zero-order chi connectivity index (χ0) is 13.4. The van der Waals surface area contributed by atoms with E-state index in [1.165, 1.54) is 6.39 Å². The van der Waals surface area contributed by atoms with Crippen molar-refractivity contribution in [3.63, 3.8) is 0 Å². The second-order valence-electron chi connectivity index (χ2n) is 5.48. The Bertz CT molecular complexity index is 542. The zero-order valence-electron chi connectivity index (χ0n) is 11.2. The maximum Gasteiger partial charge on any atom is 0.313 e. The highest BCUT2D eigenvalue weighted by Gasteiger charge is 2.35. The van der Waals surface area contributed by atoms with Crippen LogP contribution in [0.5, 0.6) is 0 Å². The first-order valence-corrected chi connectivity index (χ1v) is 5.99. The van der Waals surface area contributed by atoms with E-state index in [0.29, 0.717) is 7.48 Å². The van der Waals surface area contributed by atoms with Crippen LogP contribution in [0.3, 0.4) is 0 Å². The molecule has 0 radical (unpaired) electrons. The van der Waals surface area contributed by atoms with Crippen molar-refractivity contribution in [2.75, 3.05) is 0 Å². The Morgan fingerprint density at radius 2 is 2.00 bits per heavy atom. The minimum atomic E-state index is -0.914. The molecule has 5 heteroatoms. The van der Waals surface area contributed by atoms with Crippen molar-refractivity contribution in [3.05, 3.63) is 24.6 Å². The topological polar surface area (TPSA) is 55.5 Å². The van der Waals surface area contributed by atoms with Crippen molar-refractivity contribution >= 4 is 24.0 Å². The summed E-state index contributed by atoms with van der Waals surface area (Å²) < 4.78 is 11.2. The molecule has 0 atom stereocenters. The Morgan fingerprint density at radius 3 is 2.67 bits per heavy atom. The van der Waals surface area contributed by atoms with E-state index in [1.54, 1.807) is 13.8 Å². The first kappa shape index (κ1) is 13.1. The molecule has 0 aliphatic rings. The molecule has 0 bridgehead atoms. The van der Waals surface area contributed by atoms with Gasteiger partial charge in [-0.1, -0.05) is 12.1 Å². The summed E-state index contributed by atoms with van der Waals surface area (Å²) in [5, 5.41) is 10.0. The summed E-state index contributed by atoms with van der Waals surface area (Å²) in [7, 11) is 0.378. The average molecular weight is 247 g/mol. The normalized spacial score (nSPS) is 12.9. The highest BCUT2D eigenvalue weighted by Crippen LogP contribution is 2.24. The summed E-state index contributed by atoms with van der Waals surface area (Å²) >= 11 is 0. The van der Waals surface area contributed by atoms with Crippen LogP contribution in [0.25, 0.3) is 11.1 Å². The van der Waals surface area contributed by atoms with Crippen LogP contribution in [0, 0.1) is 0 Å². The van der Waals surface area contributed by atoms with Crippen LogP contribution in [0.15, 0.2) is 29.0 Å². The molecule has 2 aromatic rings. The Labute approximate surface area is 107 Å². The van der Waals surface area contributed by atoms with Gasteiger partial charge in [-0.05, 0) is 39.2 Å². The van der Waals surface area contributed by atoms with Crippen LogP contribution in [0.4, 0.5) is 0 Å². The van der Waals surface area contributed by atoms with Crippen molar-refractivity contribution in [2.45, 2.75) is 38.9 Å². The van der Waals surface area contributed by atoms with Gasteiger partial charge in [0.05, 0.1) is 11.2 Å². The van der Waals surface area contributed by atoms with Gasteiger partial charge in [-0.2, -0.15) is 0 Å². The fraction of sp³-hybridized carbons (Fsp3) is 0.462. The van der Waals surface area contributed by atoms with Gasteiger partial charge in [0.1, 0.15) is 5.52 Å². The van der Waals surface area contributed by atoms with E-state index in [9.17, 15) is 5.11 Å². The highest BCUT2D eigenvalue weighted by molar-refractivity contribution is 6.50. The molecule has 0 saturated carbocycles. The number of fused-ring (bicyclic) bond motifs is 1. The minimum Gasteiger partial charge on any atom is -0.444 e. The monoisotopic (exact) mass is 247 g/mol. The summed E-state index contributed by atoms with van der Waals surface area (Å²) in [4.78, 5) is 4.10. The molecule has 2 rings (SSSR count). The lowest BCUT2D eigenvalue weighted by molar-refractivity contribution is -0.0893. The van der Waals surface area contributed by atoms with Crippen LogP contribution in [-0.4, -0.2) is 28.8 Å². The van der Waals surface area contributed by atoms with E-state index >= 15 is 0 Å². The molecule has 0 spiro atoms. The number of rotatable bonds is 4. The number of aliphatic hydroxyl groups is 1. The number of hydrogen-bond donors (Lipinski definition) is 1. The largest absolute Gasteiger partial charge is 0.444 e. The van der Waals surface area contributed by atoms with Crippen molar-refractivity contribution in [1.82, 2.24) is 4.98 Å². The SMILES string of the molecule is CC(C)(O)C(C)(C)OBc1cccc2ncoc12. The first-order valence-electron chi connectivity index (χ1n) is 5.99. The van der Waals surface area contributed by atoms with Gasteiger partial charge in [0.2, 0.25) is 0 Å². The molecular weight excluding hydrogens is 229 g/mol. The number of aromatic nitrogens is 1. The van der Waals surface area contributed by atoms with Gasteiger partial charge in [-0.25, -0.2) is 4.98 Å². The predicted molar refractivity (Wildman–Crippen MR) is 72.3 cm³/mol. The molecule has 0 amide bonds. The third kappa shape index (κ3) is 2.42. The standard InChI is InChI=1S/C13H18BNO3/c1-12(2,16)13(3,4)18-14-9-6-5-7-10-11(9)17-8-15-10/h5-8,14,16H,1-4H3. The maximum atomic E-state index is 10.0. The Hall–Kier alpha value is -1.33. The van der Waals surface area contributed by atoms with Gasteiger partial charge in [-0.3, -0.25) is 0 Å². The number of benzene rings is 1. The summed E-state index contributed by atoms with van der Waals surface area (Å²) in [6.45, 7) is 7.21. The van der Waals surface area contributed by atoms with Crippen LogP contribution in [-0.2, 0) is 4.65 Å². The molecule has 1 heterocycles. The van der Waals surface area contributed by atoms with Gasteiger partial charge in [0.25, 0.3) is 0 Å². The van der Waals surface area contributed by atoms with Gasteiger partial charge >= 0.3 is 7.48 Å². The van der Waals surface area contributed by atoms with E-state index in [-0.39, 0.29) is 0 Å². The lowest BCUT2D eigenvalue weighted by Crippen LogP contribution is -2.49. The van der Waals surface area contributed by atoms with Gasteiger partial charge in [0.15, 0.2) is 12.0 Å². The van der Waals surface area contributed by atoms with Crippen molar-refractivity contribution in [3.8, 4) is 0 Å². The molecule has 1 aromatic carbocycles. The fourth-order valence-electron chi connectivity index (χ4n) is 1.49. The third-order valence-corrected chi connectivity index (χ3v) is 3.50. The molecule has 0 saturated heterocycles. The molecule has 4 nitrogen and oxygen atoms in total. The highest BCUT2D eigenvalue weighted by atomic mass is 16.5. The average Bonchev–Trinajstić information content (AvgIpc) is 2.73. The van der Waals surface area contributed by atoms with Crippen LogP contribution in [0.2, 0.25) is 0 Å². The molecule has 0 fully saturated rings. The van der Waals surface area contributed by atoms with E-state index in [0.717, 1.165) is 16.6 Å². The Kier molecular flexibility index (Phi) is 3.21. The van der Waals surface area contributed by atoms with E-state index in [2.05, 4.69) is 4.98 Å².